The Bertz CT molecular complexity index is 448. The first-order chi connectivity index (χ1) is 9.08. The van der Waals surface area contributed by atoms with Crippen molar-refractivity contribution >= 4 is 11.7 Å². The van der Waals surface area contributed by atoms with Crippen molar-refractivity contribution in [2.75, 3.05) is 31.1 Å². The van der Waals surface area contributed by atoms with Gasteiger partial charge in [0.15, 0.2) is 0 Å². The van der Waals surface area contributed by atoms with Crippen LogP contribution in [0.3, 0.4) is 0 Å². The maximum absolute atomic E-state index is 11.4. The first-order valence-electron chi connectivity index (χ1n) is 6.72. The first kappa shape index (κ1) is 13.8. The van der Waals surface area contributed by atoms with E-state index in [0.29, 0.717) is 0 Å². The van der Waals surface area contributed by atoms with Crippen molar-refractivity contribution < 1.29 is 9.90 Å². The zero-order valence-electron chi connectivity index (χ0n) is 11.5. The summed E-state index contributed by atoms with van der Waals surface area (Å²) >= 11 is 0. The number of hydrogen-bond acceptors (Lipinski definition) is 4. The normalized spacial score (nSPS) is 18.1. The highest BCUT2D eigenvalue weighted by Crippen LogP contribution is 2.19. The lowest BCUT2D eigenvalue weighted by Gasteiger charge is -2.23. The van der Waals surface area contributed by atoms with Crippen LogP contribution >= 0.6 is 0 Å². The topological polar surface area (TPSA) is 56.7 Å². The van der Waals surface area contributed by atoms with E-state index in [-0.39, 0.29) is 5.91 Å². The van der Waals surface area contributed by atoms with Gasteiger partial charge in [0.05, 0.1) is 6.10 Å². The standard InChI is InChI=1S/C14H21N3O2/c1-11(18)13-4-5-15-14(10-13)17-7-3-6-16(8-9-17)12(2)19/h4-5,10-11,18H,3,6-9H2,1-2H3/t11-/m0/s1. The van der Waals surface area contributed by atoms with E-state index in [1.165, 1.54) is 0 Å². The number of anilines is 1. The van der Waals surface area contributed by atoms with Crippen LogP contribution in [0, 0.1) is 0 Å². The summed E-state index contributed by atoms with van der Waals surface area (Å²) in [6, 6.07) is 3.75. The summed E-state index contributed by atoms with van der Waals surface area (Å²) in [4.78, 5) is 19.8. The van der Waals surface area contributed by atoms with Gasteiger partial charge in [-0.05, 0) is 31.0 Å². The number of carbonyl (C=O) groups is 1. The van der Waals surface area contributed by atoms with Gasteiger partial charge in [-0.3, -0.25) is 4.79 Å². The minimum absolute atomic E-state index is 0.132. The number of nitrogens with zero attached hydrogens (tertiary/aromatic N) is 3. The van der Waals surface area contributed by atoms with E-state index in [9.17, 15) is 9.90 Å². The Morgan fingerprint density at radius 1 is 1.37 bits per heavy atom. The van der Waals surface area contributed by atoms with E-state index in [1.54, 1.807) is 20.0 Å². The molecule has 0 saturated carbocycles. The van der Waals surface area contributed by atoms with Crippen molar-refractivity contribution in [1.29, 1.82) is 0 Å². The number of amides is 1. The van der Waals surface area contributed by atoms with Gasteiger partial charge in [-0.25, -0.2) is 4.98 Å². The second-order valence-corrected chi connectivity index (χ2v) is 4.97. The van der Waals surface area contributed by atoms with Gasteiger partial charge in [-0.1, -0.05) is 0 Å². The molecule has 0 radical (unpaired) electrons. The Kier molecular flexibility index (Phi) is 4.37. The van der Waals surface area contributed by atoms with Crippen LogP contribution in [-0.4, -0.2) is 47.1 Å². The van der Waals surface area contributed by atoms with Crippen LogP contribution in [0.5, 0.6) is 0 Å². The average Bonchev–Trinajstić information content (AvgIpc) is 2.64. The molecule has 5 nitrogen and oxygen atoms in total. The SMILES string of the molecule is CC(=O)N1CCCN(c2cc([C@H](C)O)ccn2)CC1. The molecule has 1 fully saturated rings. The fourth-order valence-electron chi connectivity index (χ4n) is 2.33. The highest BCUT2D eigenvalue weighted by molar-refractivity contribution is 5.73. The van der Waals surface area contributed by atoms with Gasteiger partial charge in [0.1, 0.15) is 5.82 Å². The predicted molar refractivity (Wildman–Crippen MR) is 74.0 cm³/mol. The molecule has 0 aromatic carbocycles. The minimum Gasteiger partial charge on any atom is -0.389 e. The molecule has 0 aliphatic carbocycles. The molecule has 5 heteroatoms. The lowest BCUT2D eigenvalue weighted by atomic mass is 10.1. The van der Waals surface area contributed by atoms with Gasteiger partial charge in [0, 0.05) is 39.3 Å². The zero-order chi connectivity index (χ0) is 13.8. The molecule has 1 N–H and O–H groups in total. The molecule has 1 aliphatic rings. The Labute approximate surface area is 113 Å². The Balaban J connectivity index is 2.09. The van der Waals surface area contributed by atoms with E-state index in [4.69, 9.17) is 0 Å². The summed E-state index contributed by atoms with van der Waals surface area (Å²) in [5.74, 6) is 1.01. The van der Waals surface area contributed by atoms with E-state index >= 15 is 0 Å². The zero-order valence-corrected chi connectivity index (χ0v) is 11.5. The molecule has 1 aromatic rings. The molecule has 1 aliphatic heterocycles. The van der Waals surface area contributed by atoms with Crippen molar-refractivity contribution in [1.82, 2.24) is 9.88 Å². The summed E-state index contributed by atoms with van der Waals surface area (Å²) < 4.78 is 0. The largest absolute Gasteiger partial charge is 0.389 e. The molecule has 0 bridgehead atoms. The Hall–Kier alpha value is -1.62. The van der Waals surface area contributed by atoms with Crippen LogP contribution in [0.25, 0.3) is 0 Å². The van der Waals surface area contributed by atoms with Gasteiger partial charge >= 0.3 is 0 Å². The van der Waals surface area contributed by atoms with Crippen LogP contribution in [-0.2, 0) is 4.79 Å². The smallest absolute Gasteiger partial charge is 0.219 e. The predicted octanol–water partition coefficient (Wildman–Crippen LogP) is 1.19. The summed E-state index contributed by atoms with van der Waals surface area (Å²) in [5.41, 5.74) is 0.873. The van der Waals surface area contributed by atoms with Gasteiger partial charge < -0.3 is 14.9 Å². The molecule has 1 aromatic heterocycles. The van der Waals surface area contributed by atoms with Crippen LogP contribution in [0.2, 0.25) is 0 Å². The summed E-state index contributed by atoms with van der Waals surface area (Å²) in [6.07, 6.45) is 2.19. The molecular formula is C14H21N3O2. The fraction of sp³-hybridized carbons (Fsp3) is 0.571. The third kappa shape index (κ3) is 3.44. The van der Waals surface area contributed by atoms with E-state index in [1.807, 2.05) is 17.0 Å². The molecule has 1 saturated heterocycles. The van der Waals surface area contributed by atoms with Gasteiger partial charge in [-0.15, -0.1) is 0 Å². The quantitative estimate of drug-likeness (QED) is 0.871. The monoisotopic (exact) mass is 263 g/mol. The number of aliphatic hydroxyl groups excluding tert-OH is 1. The summed E-state index contributed by atoms with van der Waals surface area (Å²) in [5, 5.41) is 9.62. The highest BCUT2D eigenvalue weighted by Gasteiger charge is 2.17. The molecule has 2 heterocycles. The number of carbonyl (C=O) groups excluding carboxylic acids is 1. The minimum atomic E-state index is -0.484. The second kappa shape index (κ2) is 6.02. The maximum Gasteiger partial charge on any atom is 0.219 e. The van der Waals surface area contributed by atoms with Gasteiger partial charge in [-0.2, -0.15) is 0 Å². The van der Waals surface area contributed by atoms with Crippen molar-refractivity contribution in [3.05, 3.63) is 23.9 Å². The molecule has 2 rings (SSSR count). The summed E-state index contributed by atoms with van der Waals surface area (Å²) in [6.45, 7) is 6.58. The lowest BCUT2D eigenvalue weighted by molar-refractivity contribution is -0.128. The molecule has 19 heavy (non-hydrogen) atoms. The molecule has 0 unspecified atom stereocenters. The fourth-order valence-corrected chi connectivity index (χ4v) is 2.33. The van der Waals surface area contributed by atoms with Crippen LogP contribution in [0.4, 0.5) is 5.82 Å². The molecule has 104 valence electrons. The highest BCUT2D eigenvalue weighted by atomic mass is 16.3. The number of aromatic nitrogens is 1. The number of aliphatic hydroxyl groups is 1. The maximum atomic E-state index is 11.4. The first-order valence-corrected chi connectivity index (χ1v) is 6.72. The number of rotatable bonds is 2. The third-order valence-electron chi connectivity index (χ3n) is 3.52. The van der Waals surface area contributed by atoms with E-state index in [0.717, 1.165) is 44.0 Å². The summed E-state index contributed by atoms with van der Waals surface area (Å²) in [7, 11) is 0. The Morgan fingerprint density at radius 3 is 2.84 bits per heavy atom. The molecule has 0 spiro atoms. The molecule has 1 atom stereocenters. The van der Waals surface area contributed by atoms with Crippen LogP contribution in [0.15, 0.2) is 18.3 Å². The van der Waals surface area contributed by atoms with E-state index in [2.05, 4.69) is 9.88 Å². The second-order valence-electron chi connectivity index (χ2n) is 4.97. The number of hydrogen-bond donors (Lipinski definition) is 1. The van der Waals surface area contributed by atoms with Crippen molar-refractivity contribution in [3.8, 4) is 0 Å². The Morgan fingerprint density at radius 2 is 2.16 bits per heavy atom. The van der Waals surface area contributed by atoms with Gasteiger partial charge in [0.2, 0.25) is 5.91 Å². The van der Waals surface area contributed by atoms with Crippen LogP contribution in [0.1, 0.15) is 31.9 Å². The third-order valence-corrected chi connectivity index (χ3v) is 3.52. The molecular weight excluding hydrogens is 242 g/mol. The lowest BCUT2D eigenvalue weighted by Crippen LogP contribution is -2.33. The van der Waals surface area contributed by atoms with Crippen molar-refractivity contribution in [2.45, 2.75) is 26.4 Å². The van der Waals surface area contributed by atoms with E-state index < -0.39 is 6.10 Å². The van der Waals surface area contributed by atoms with Crippen molar-refractivity contribution in [3.63, 3.8) is 0 Å². The number of pyridine rings is 1. The van der Waals surface area contributed by atoms with Crippen LogP contribution < -0.4 is 4.90 Å². The van der Waals surface area contributed by atoms with Crippen molar-refractivity contribution in [2.24, 2.45) is 0 Å². The van der Waals surface area contributed by atoms with Gasteiger partial charge in [0.25, 0.3) is 0 Å². The average molecular weight is 263 g/mol. The molecule has 1 amide bonds.